The molecular formula is C16H22N2O3. The molecule has 21 heavy (non-hydrogen) atoms. The number of amides is 2. The fourth-order valence-electron chi connectivity index (χ4n) is 2.62. The van der Waals surface area contributed by atoms with E-state index in [-0.39, 0.29) is 18.4 Å². The topological polar surface area (TPSA) is 60.9 Å². The summed E-state index contributed by atoms with van der Waals surface area (Å²) in [7, 11) is 0. The number of unbranched alkanes of at least 4 members (excludes halogenated alkanes) is 1. The van der Waals surface area contributed by atoms with Gasteiger partial charge in [-0.2, -0.15) is 0 Å². The Balaban J connectivity index is 1.83. The normalized spacial score (nSPS) is 14.1. The van der Waals surface area contributed by atoms with Gasteiger partial charge in [-0.15, -0.1) is 0 Å². The third-order valence-electron chi connectivity index (χ3n) is 3.85. The molecule has 0 spiro atoms. The van der Waals surface area contributed by atoms with E-state index in [1.165, 1.54) is 4.90 Å². The average molecular weight is 290 g/mol. The number of likely N-dealkylation sites (N-methyl/N-ethyl adjacent to an activating group) is 1. The molecule has 1 aliphatic heterocycles. The molecule has 0 aliphatic carbocycles. The highest BCUT2D eigenvalue weighted by molar-refractivity contribution is 6.21. The Morgan fingerprint density at radius 2 is 1.67 bits per heavy atom. The monoisotopic (exact) mass is 290 g/mol. The van der Waals surface area contributed by atoms with E-state index in [1.807, 2.05) is 0 Å². The average Bonchev–Trinajstić information content (AvgIpc) is 2.75. The van der Waals surface area contributed by atoms with E-state index < -0.39 is 0 Å². The maximum atomic E-state index is 12.2. The molecule has 0 radical (unpaired) electrons. The lowest BCUT2D eigenvalue weighted by molar-refractivity contribution is 0.0650. The summed E-state index contributed by atoms with van der Waals surface area (Å²) in [5.74, 6) is -0.364. The Morgan fingerprint density at radius 3 is 2.19 bits per heavy atom. The lowest BCUT2D eigenvalue weighted by Crippen LogP contribution is -2.32. The van der Waals surface area contributed by atoms with E-state index in [9.17, 15) is 9.59 Å². The Bertz CT molecular complexity index is 481. The lowest BCUT2D eigenvalue weighted by atomic mass is 10.1. The maximum Gasteiger partial charge on any atom is 0.261 e. The van der Waals surface area contributed by atoms with Gasteiger partial charge in [0.15, 0.2) is 0 Å². The number of carbonyl (C=O) groups is 2. The molecule has 1 aromatic carbocycles. The van der Waals surface area contributed by atoms with Crippen LogP contribution in [0.5, 0.6) is 0 Å². The minimum atomic E-state index is -0.182. The van der Waals surface area contributed by atoms with Crippen molar-refractivity contribution in [1.82, 2.24) is 9.80 Å². The minimum Gasteiger partial charge on any atom is -0.395 e. The third kappa shape index (κ3) is 3.49. The number of hydrogen-bond acceptors (Lipinski definition) is 4. The van der Waals surface area contributed by atoms with Gasteiger partial charge >= 0.3 is 0 Å². The summed E-state index contributed by atoms with van der Waals surface area (Å²) < 4.78 is 0. The van der Waals surface area contributed by atoms with Crippen LogP contribution in [0.15, 0.2) is 24.3 Å². The predicted octanol–water partition coefficient (Wildman–Crippen LogP) is 1.38. The second-order valence-corrected chi connectivity index (χ2v) is 5.17. The van der Waals surface area contributed by atoms with Crippen LogP contribution in [0.3, 0.4) is 0 Å². The zero-order valence-electron chi connectivity index (χ0n) is 12.4. The van der Waals surface area contributed by atoms with Gasteiger partial charge in [-0.25, -0.2) is 0 Å². The molecule has 2 rings (SSSR count). The molecule has 0 fully saturated rings. The smallest absolute Gasteiger partial charge is 0.261 e. The van der Waals surface area contributed by atoms with E-state index in [4.69, 9.17) is 5.11 Å². The van der Waals surface area contributed by atoms with Gasteiger partial charge in [0.05, 0.1) is 17.7 Å². The molecule has 5 heteroatoms. The summed E-state index contributed by atoms with van der Waals surface area (Å²) >= 11 is 0. The Labute approximate surface area is 125 Å². The molecule has 5 nitrogen and oxygen atoms in total. The Kier molecular flexibility index (Phi) is 5.47. The lowest BCUT2D eigenvalue weighted by Gasteiger charge is -2.19. The molecule has 0 unspecified atom stereocenters. The number of aliphatic hydroxyl groups is 1. The van der Waals surface area contributed by atoms with Gasteiger partial charge in [0.1, 0.15) is 0 Å². The van der Waals surface area contributed by atoms with Crippen LogP contribution in [0, 0.1) is 0 Å². The summed E-state index contributed by atoms with van der Waals surface area (Å²) in [6.45, 7) is 5.12. The number of rotatable bonds is 8. The van der Waals surface area contributed by atoms with Crippen LogP contribution < -0.4 is 0 Å². The van der Waals surface area contributed by atoms with Gasteiger partial charge in [0.25, 0.3) is 11.8 Å². The van der Waals surface area contributed by atoms with Crippen LogP contribution in [-0.4, -0.2) is 59.5 Å². The summed E-state index contributed by atoms with van der Waals surface area (Å²) in [6, 6.07) is 6.97. The zero-order valence-corrected chi connectivity index (χ0v) is 12.4. The first-order valence-electron chi connectivity index (χ1n) is 7.47. The Morgan fingerprint density at radius 1 is 1.05 bits per heavy atom. The highest BCUT2D eigenvalue weighted by Gasteiger charge is 2.34. The molecule has 2 amide bonds. The second-order valence-electron chi connectivity index (χ2n) is 5.17. The Hall–Kier alpha value is -1.72. The van der Waals surface area contributed by atoms with Crippen LogP contribution >= 0.6 is 0 Å². The van der Waals surface area contributed by atoms with Gasteiger partial charge < -0.3 is 10.0 Å². The largest absolute Gasteiger partial charge is 0.395 e. The molecule has 0 aromatic heterocycles. The van der Waals surface area contributed by atoms with Crippen molar-refractivity contribution >= 4 is 11.8 Å². The molecule has 0 saturated heterocycles. The standard InChI is InChI=1S/C16H22N2O3/c1-2-17(11-12-19)9-5-6-10-18-15(20)13-7-3-4-8-14(13)16(18)21/h3-4,7-8,19H,2,5-6,9-12H2,1H3. The van der Waals surface area contributed by atoms with Gasteiger partial charge in [-0.1, -0.05) is 19.1 Å². The molecular weight excluding hydrogens is 268 g/mol. The van der Waals surface area contributed by atoms with Crippen LogP contribution in [0.4, 0.5) is 0 Å². The van der Waals surface area contributed by atoms with Crippen LogP contribution in [0.1, 0.15) is 40.5 Å². The number of carbonyl (C=O) groups excluding carboxylic acids is 2. The first-order valence-corrected chi connectivity index (χ1v) is 7.47. The highest BCUT2D eigenvalue weighted by Crippen LogP contribution is 2.22. The van der Waals surface area contributed by atoms with E-state index in [0.29, 0.717) is 24.2 Å². The minimum absolute atomic E-state index is 0.159. The number of aliphatic hydroxyl groups excluding tert-OH is 1. The molecule has 0 bridgehead atoms. The number of imide groups is 1. The van der Waals surface area contributed by atoms with Crippen molar-refractivity contribution in [2.75, 3.05) is 32.8 Å². The van der Waals surface area contributed by atoms with E-state index in [2.05, 4.69) is 11.8 Å². The number of benzene rings is 1. The predicted molar refractivity (Wildman–Crippen MR) is 80.2 cm³/mol. The first-order chi connectivity index (χ1) is 10.2. The number of hydrogen-bond donors (Lipinski definition) is 1. The molecule has 1 N–H and O–H groups in total. The van der Waals surface area contributed by atoms with Crippen molar-refractivity contribution in [3.05, 3.63) is 35.4 Å². The second kappa shape index (κ2) is 7.33. The van der Waals surface area contributed by atoms with Gasteiger partial charge in [-0.05, 0) is 38.1 Å². The van der Waals surface area contributed by atoms with Crippen molar-refractivity contribution < 1.29 is 14.7 Å². The van der Waals surface area contributed by atoms with Crippen molar-refractivity contribution in [3.63, 3.8) is 0 Å². The molecule has 0 atom stereocenters. The summed E-state index contributed by atoms with van der Waals surface area (Å²) in [4.78, 5) is 27.8. The van der Waals surface area contributed by atoms with E-state index >= 15 is 0 Å². The molecule has 0 saturated carbocycles. The van der Waals surface area contributed by atoms with Crippen molar-refractivity contribution in [1.29, 1.82) is 0 Å². The van der Waals surface area contributed by atoms with E-state index in [1.54, 1.807) is 24.3 Å². The fraction of sp³-hybridized carbons (Fsp3) is 0.500. The molecule has 1 aromatic rings. The third-order valence-corrected chi connectivity index (χ3v) is 3.85. The van der Waals surface area contributed by atoms with E-state index in [0.717, 1.165) is 25.9 Å². The van der Waals surface area contributed by atoms with Gasteiger partial charge in [-0.3, -0.25) is 14.5 Å². The summed E-state index contributed by atoms with van der Waals surface area (Å²) in [5.41, 5.74) is 1.02. The number of fused-ring (bicyclic) bond motifs is 1. The van der Waals surface area contributed by atoms with Gasteiger partial charge in [0.2, 0.25) is 0 Å². The fourth-order valence-corrected chi connectivity index (χ4v) is 2.62. The van der Waals surface area contributed by atoms with Gasteiger partial charge in [0, 0.05) is 13.1 Å². The summed E-state index contributed by atoms with van der Waals surface area (Å²) in [5, 5.41) is 8.93. The zero-order chi connectivity index (χ0) is 15.2. The SMILES string of the molecule is CCN(CCO)CCCCN1C(=O)c2ccccc2C1=O. The molecule has 1 heterocycles. The highest BCUT2D eigenvalue weighted by atomic mass is 16.3. The first kappa shape index (κ1) is 15.7. The molecule has 114 valence electrons. The molecule has 1 aliphatic rings. The van der Waals surface area contributed by atoms with Crippen molar-refractivity contribution in [2.45, 2.75) is 19.8 Å². The quantitative estimate of drug-likeness (QED) is 0.580. The van der Waals surface area contributed by atoms with Crippen LogP contribution in [-0.2, 0) is 0 Å². The van der Waals surface area contributed by atoms with Crippen molar-refractivity contribution in [2.24, 2.45) is 0 Å². The maximum absolute atomic E-state index is 12.2. The van der Waals surface area contributed by atoms with Crippen molar-refractivity contribution in [3.8, 4) is 0 Å². The van der Waals surface area contributed by atoms with Crippen LogP contribution in [0.2, 0.25) is 0 Å². The number of nitrogens with zero attached hydrogens (tertiary/aromatic N) is 2. The van der Waals surface area contributed by atoms with Crippen LogP contribution in [0.25, 0.3) is 0 Å². The summed E-state index contributed by atoms with van der Waals surface area (Å²) in [6.07, 6.45) is 1.69.